The van der Waals surface area contributed by atoms with Crippen LogP contribution in [0.2, 0.25) is 0 Å². The second-order valence-electron chi connectivity index (χ2n) is 11.9. The minimum absolute atomic E-state index is 0.169. The molecule has 3 N–H and O–H groups in total. The zero-order chi connectivity index (χ0) is 32.7. The Morgan fingerprint density at radius 1 is 0.696 bits per heavy atom. The lowest BCUT2D eigenvalue weighted by Crippen LogP contribution is -2.34. The van der Waals surface area contributed by atoms with Gasteiger partial charge >= 0.3 is 6.09 Å². The second kappa shape index (κ2) is 14.2. The first-order valence-electron chi connectivity index (χ1n) is 15.4. The van der Waals surface area contributed by atoms with Gasteiger partial charge in [-0.3, -0.25) is 9.59 Å². The van der Waals surface area contributed by atoms with Crippen molar-refractivity contribution in [3.8, 4) is 22.6 Å². The SMILES string of the molecule is CCCOc1ccccc1C(=O)Nc1ccc2c(c1)Cc1cc(NC(=O)c3ccccc3OCCNC(=O)OC(C)(C)C)ccc1-2. The first-order chi connectivity index (χ1) is 22.1. The number of para-hydroxylation sites is 2. The Morgan fingerprint density at radius 2 is 1.20 bits per heavy atom. The van der Waals surface area contributed by atoms with Crippen LogP contribution in [0.15, 0.2) is 84.9 Å². The highest BCUT2D eigenvalue weighted by molar-refractivity contribution is 6.07. The van der Waals surface area contributed by atoms with E-state index in [0.29, 0.717) is 47.0 Å². The lowest BCUT2D eigenvalue weighted by Gasteiger charge is -2.19. The van der Waals surface area contributed by atoms with Crippen molar-refractivity contribution in [1.29, 1.82) is 0 Å². The van der Waals surface area contributed by atoms with Crippen LogP contribution in [0, 0.1) is 0 Å². The predicted octanol–water partition coefficient (Wildman–Crippen LogP) is 7.45. The van der Waals surface area contributed by atoms with Gasteiger partial charge in [-0.2, -0.15) is 0 Å². The van der Waals surface area contributed by atoms with Crippen LogP contribution in [0.1, 0.15) is 66.0 Å². The zero-order valence-electron chi connectivity index (χ0n) is 26.6. The highest BCUT2D eigenvalue weighted by atomic mass is 16.6. The van der Waals surface area contributed by atoms with Crippen LogP contribution < -0.4 is 25.4 Å². The van der Waals surface area contributed by atoms with E-state index in [1.165, 1.54) is 0 Å². The average molecular weight is 622 g/mol. The number of benzene rings is 4. The van der Waals surface area contributed by atoms with Crippen LogP contribution in [0.3, 0.4) is 0 Å². The topological polar surface area (TPSA) is 115 Å². The number of anilines is 2. The van der Waals surface area contributed by atoms with Gasteiger partial charge in [0.1, 0.15) is 23.7 Å². The Labute approximate surface area is 269 Å². The number of nitrogens with one attached hydrogen (secondary N) is 3. The number of ether oxygens (including phenoxy) is 3. The molecule has 5 rings (SSSR count). The first-order valence-corrected chi connectivity index (χ1v) is 15.4. The number of rotatable bonds is 11. The van der Waals surface area contributed by atoms with Gasteiger partial charge in [-0.25, -0.2) is 4.79 Å². The summed E-state index contributed by atoms with van der Waals surface area (Å²) in [5.74, 6) is 0.443. The van der Waals surface area contributed by atoms with Gasteiger partial charge in [-0.05, 0) is 104 Å². The Balaban J connectivity index is 1.20. The molecule has 238 valence electrons. The smallest absolute Gasteiger partial charge is 0.407 e. The summed E-state index contributed by atoms with van der Waals surface area (Å²) in [6.45, 7) is 8.34. The summed E-state index contributed by atoms with van der Waals surface area (Å²) >= 11 is 0. The molecule has 4 aromatic rings. The van der Waals surface area contributed by atoms with E-state index in [1.807, 2.05) is 55.5 Å². The van der Waals surface area contributed by atoms with Crippen LogP contribution >= 0.6 is 0 Å². The van der Waals surface area contributed by atoms with E-state index in [1.54, 1.807) is 57.2 Å². The maximum atomic E-state index is 13.3. The molecule has 0 bridgehead atoms. The fourth-order valence-corrected chi connectivity index (χ4v) is 5.16. The molecule has 0 spiro atoms. The molecule has 0 heterocycles. The maximum Gasteiger partial charge on any atom is 0.407 e. The lowest BCUT2D eigenvalue weighted by molar-refractivity contribution is 0.0519. The number of amides is 3. The Hall–Kier alpha value is -5.31. The average Bonchev–Trinajstić information content (AvgIpc) is 3.38. The second-order valence-corrected chi connectivity index (χ2v) is 11.9. The third-order valence-electron chi connectivity index (χ3n) is 7.15. The summed E-state index contributed by atoms with van der Waals surface area (Å²) in [6.07, 6.45) is 0.990. The van der Waals surface area contributed by atoms with Crippen LogP contribution in [0.5, 0.6) is 11.5 Å². The molecule has 1 aliphatic rings. The minimum Gasteiger partial charge on any atom is -0.493 e. The quantitative estimate of drug-likeness (QED) is 0.132. The summed E-state index contributed by atoms with van der Waals surface area (Å²) in [7, 11) is 0. The van der Waals surface area contributed by atoms with Crippen molar-refractivity contribution in [3.05, 3.63) is 107 Å². The molecule has 9 nitrogen and oxygen atoms in total. The minimum atomic E-state index is -0.590. The van der Waals surface area contributed by atoms with Gasteiger partial charge in [0, 0.05) is 11.4 Å². The molecule has 0 unspecified atom stereocenters. The van der Waals surface area contributed by atoms with E-state index >= 15 is 0 Å². The predicted molar refractivity (Wildman–Crippen MR) is 179 cm³/mol. The summed E-state index contributed by atoms with van der Waals surface area (Å²) in [4.78, 5) is 38.2. The highest BCUT2D eigenvalue weighted by Crippen LogP contribution is 2.39. The molecule has 3 amide bonds. The van der Waals surface area contributed by atoms with Crippen molar-refractivity contribution in [2.75, 3.05) is 30.4 Å². The number of alkyl carbamates (subject to hydrolysis) is 1. The van der Waals surface area contributed by atoms with Crippen molar-refractivity contribution < 1.29 is 28.6 Å². The summed E-state index contributed by atoms with van der Waals surface area (Å²) in [5.41, 5.74) is 5.99. The normalized spacial score (nSPS) is 11.6. The molecule has 0 saturated carbocycles. The molecule has 9 heteroatoms. The third kappa shape index (κ3) is 8.04. The van der Waals surface area contributed by atoms with Gasteiger partial charge in [0.25, 0.3) is 11.8 Å². The van der Waals surface area contributed by atoms with Crippen molar-refractivity contribution in [3.63, 3.8) is 0 Å². The molecular formula is C37H39N3O6. The Bertz CT molecular complexity index is 1740. The lowest BCUT2D eigenvalue weighted by atomic mass is 10.0. The monoisotopic (exact) mass is 621 g/mol. The van der Waals surface area contributed by atoms with E-state index in [4.69, 9.17) is 14.2 Å². The first kappa shape index (κ1) is 32.1. The van der Waals surface area contributed by atoms with E-state index in [9.17, 15) is 14.4 Å². The van der Waals surface area contributed by atoms with E-state index in [-0.39, 0.29) is 25.0 Å². The largest absolute Gasteiger partial charge is 0.493 e. The van der Waals surface area contributed by atoms with Gasteiger partial charge in [-0.1, -0.05) is 43.3 Å². The van der Waals surface area contributed by atoms with Crippen molar-refractivity contribution >= 4 is 29.3 Å². The van der Waals surface area contributed by atoms with Crippen LogP contribution in [0.4, 0.5) is 16.2 Å². The number of hydrogen-bond donors (Lipinski definition) is 3. The van der Waals surface area contributed by atoms with Crippen LogP contribution in [-0.4, -0.2) is 43.3 Å². The maximum absolute atomic E-state index is 13.3. The number of carbonyl (C=O) groups excluding carboxylic acids is 3. The van der Waals surface area contributed by atoms with E-state index in [2.05, 4.69) is 16.0 Å². The fraction of sp³-hybridized carbons (Fsp3) is 0.270. The van der Waals surface area contributed by atoms with Gasteiger partial charge in [0.15, 0.2) is 0 Å². The molecule has 0 aromatic heterocycles. The molecule has 1 aliphatic carbocycles. The van der Waals surface area contributed by atoms with E-state index in [0.717, 1.165) is 28.7 Å². The summed E-state index contributed by atoms with van der Waals surface area (Å²) in [5, 5.41) is 8.64. The van der Waals surface area contributed by atoms with Gasteiger partial charge in [-0.15, -0.1) is 0 Å². The summed E-state index contributed by atoms with van der Waals surface area (Å²) < 4.78 is 16.8. The summed E-state index contributed by atoms with van der Waals surface area (Å²) in [6, 6.07) is 26.0. The van der Waals surface area contributed by atoms with Gasteiger partial charge in [0.05, 0.1) is 24.3 Å². The molecule has 0 aliphatic heterocycles. The highest BCUT2D eigenvalue weighted by Gasteiger charge is 2.22. The Kier molecular flexibility index (Phi) is 9.91. The van der Waals surface area contributed by atoms with Gasteiger partial charge in [0.2, 0.25) is 0 Å². The van der Waals surface area contributed by atoms with Crippen molar-refractivity contribution in [1.82, 2.24) is 5.32 Å². The van der Waals surface area contributed by atoms with E-state index < -0.39 is 11.7 Å². The van der Waals surface area contributed by atoms with Crippen molar-refractivity contribution in [2.24, 2.45) is 0 Å². The molecule has 0 saturated heterocycles. The zero-order valence-corrected chi connectivity index (χ0v) is 26.6. The standard InChI is InChI=1S/C37H39N3O6/c1-5-19-44-32-12-8-6-10-30(32)34(41)39-26-14-16-28-24(22-26)21-25-23-27(15-17-29(25)28)40-35(42)31-11-7-9-13-33(31)45-20-18-38-36(43)46-37(2,3)4/h6-17,22-23H,5,18-21H2,1-4H3,(H,38,43)(H,39,41)(H,40,42). The fourth-order valence-electron chi connectivity index (χ4n) is 5.16. The molecule has 0 radical (unpaired) electrons. The number of hydrogen-bond acceptors (Lipinski definition) is 6. The van der Waals surface area contributed by atoms with Gasteiger partial charge < -0.3 is 30.2 Å². The molecule has 4 aromatic carbocycles. The molecule has 46 heavy (non-hydrogen) atoms. The molecule has 0 atom stereocenters. The number of carbonyl (C=O) groups is 3. The molecule has 0 fully saturated rings. The third-order valence-corrected chi connectivity index (χ3v) is 7.15. The Morgan fingerprint density at radius 3 is 1.70 bits per heavy atom. The van der Waals surface area contributed by atoms with Crippen LogP contribution in [-0.2, 0) is 11.2 Å². The van der Waals surface area contributed by atoms with Crippen LogP contribution in [0.25, 0.3) is 11.1 Å². The molecular weight excluding hydrogens is 582 g/mol. The number of fused-ring (bicyclic) bond motifs is 3. The van der Waals surface area contributed by atoms with Crippen molar-refractivity contribution in [2.45, 2.75) is 46.1 Å².